The summed E-state index contributed by atoms with van der Waals surface area (Å²) in [6.45, 7) is 3.60. The van der Waals surface area contributed by atoms with Crippen molar-refractivity contribution >= 4 is 22.6 Å². The van der Waals surface area contributed by atoms with E-state index >= 15 is 0 Å². The molecule has 1 saturated heterocycles. The molecule has 0 radical (unpaired) electrons. The maximum atomic E-state index is 5.97. The second-order valence-electron chi connectivity index (χ2n) is 7.45. The first kappa shape index (κ1) is 18.3. The Balaban J connectivity index is 1.45. The lowest BCUT2D eigenvalue weighted by Crippen LogP contribution is -2.30. The van der Waals surface area contributed by atoms with Crippen LogP contribution in [0, 0.1) is 0 Å². The fraction of sp³-hybridized carbons (Fsp3) is 0.318. The Bertz CT molecular complexity index is 1110. The predicted octanol–water partition coefficient (Wildman–Crippen LogP) is 4.77. The van der Waals surface area contributed by atoms with Gasteiger partial charge in [-0.25, -0.2) is 4.98 Å². The van der Waals surface area contributed by atoms with Gasteiger partial charge in [-0.2, -0.15) is 0 Å². The van der Waals surface area contributed by atoms with Gasteiger partial charge in [0, 0.05) is 10.6 Å². The van der Waals surface area contributed by atoms with E-state index in [-0.39, 0.29) is 0 Å². The Morgan fingerprint density at radius 1 is 0.897 bits per heavy atom. The summed E-state index contributed by atoms with van der Waals surface area (Å²) in [5.41, 5.74) is 2.94. The number of para-hydroxylation sites is 2. The zero-order chi connectivity index (χ0) is 19.6. The van der Waals surface area contributed by atoms with Gasteiger partial charge >= 0.3 is 0 Å². The molecule has 0 amide bonds. The topological polar surface area (TPSA) is 60.0 Å². The van der Waals surface area contributed by atoms with Crippen LogP contribution in [0.1, 0.15) is 31.0 Å². The standard InChI is InChI=1S/C22H22ClN5O/c23-17-10-8-16(9-11-17)22-26-25-21(29-22)15-28-19-7-3-2-6-18(19)24-20(28)14-27-12-4-1-5-13-27/h2-3,6-11H,1,4-5,12-15H2. The van der Waals surface area contributed by atoms with Crippen molar-refractivity contribution in [3.8, 4) is 11.5 Å². The maximum Gasteiger partial charge on any atom is 0.247 e. The summed E-state index contributed by atoms with van der Waals surface area (Å²) in [5, 5.41) is 9.17. The van der Waals surface area contributed by atoms with Gasteiger partial charge in [0.15, 0.2) is 0 Å². The molecule has 0 aliphatic carbocycles. The normalized spacial score (nSPS) is 15.2. The van der Waals surface area contributed by atoms with Crippen LogP contribution in [0.4, 0.5) is 0 Å². The monoisotopic (exact) mass is 407 g/mol. The van der Waals surface area contributed by atoms with Crippen LogP contribution in [-0.4, -0.2) is 37.7 Å². The number of rotatable bonds is 5. The third-order valence-corrected chi connectivity index (χ3v) is 5.65. The van der Waals surface area contributed by atoms with E-state index in [2.05, 4.69) is 31.8 Å². The molecule has 2 aromatic carbocycles. The Morgan fingerprint density at radius 2 is 1.69 bits per heavy atom. The minimum Gasteiger partial charge on any atom is -0.419 e. The van der Waals surface area contributed by atoms with Crippen molar-refractivity contribution in [2.45, 2.75) is 32.4 Å². The molecule has 29 heavy (non-hydrogen) atoms. The second-order valence-corrected chi connectivity index (χ2v) is 7.88. The lowest BCUT2D eigenvalue weighted by molar-refractivity contribution is 0.213. The Hall–Kier alpha value is -2.70. The Labute approximate surface area is 174 Å². The minimum absolute atomic E-state index is 0.499. The van der Waals surface area contributed by atoms with Crippen molar-refractivity contribution in [3.05, 3.63) is 65.3 Å². The first-order chi connectivity index (χ1) is 14.3. The predicted molar refractivity (Wildman–Crippen MR) is 113 cm³/mol. The molecule has 1 aliphatic heterocycles. The molecule has 7 heteroatoms. The van der Waals surface area contributed by atoms with Crippen molar-refractivity contribution < 1.29 is 4.42 Å². The van der Waals surface area contributed by atoms with Crippen LogP contribution in [0.2, 0.25) is 5.02 Å². The van der Waals surface area contributed by atoms with E-state index in [1.54, 1.807) is 0 Å². The molecule has 3 heterocycles. The molecule has 1 fully saturated rings. The van der Waals surface area contributed by atoms with E-state index in [0.29, 0.717) is 23.3 Å². The zero-order valence-corrected chi connectivity index (χ0v) is 16.8. The van der Waals surface area contributed by atoms with Crippen LogP contribution in [-0.2, 0) is 13.1 Å². The van der Waals surface area contributed by atoms with Crippen molar-refractivity contribution in [3.63, 3.8) is 0 Å². The molecule has 4 aromatic rings. The summed E-state index contributed by atoms with van der Waals surface area (Å²) < 4.78 is 8.15. The molecular weight excluding hydrogens is 386 g/mol. The average molecular weight is 408 g/mol. The lowest BCUT2D eigenvalue weighted by Gasteiger charge is -2.26. The molecule has 6 nitrogen and oxygen atoms in total. The number of hydrogen-bond acceptors (Lipinski definition) is 5. The molecule has 0 atom stereocenters. The van der Waals surface area contributed by atoms with Gasteiger partial charge in [0.25, 0.3) is 0 Å². The molecular formula is C22H22ClN5O. The molecule has 0 saturated carbocycles. The molecule has 1 aliphatic rings. The smallest absolute Gasteiger partial charge is 0.247 e. The molecule has 0 unspecified atom stereocenters. The SMILES string of the molecule is Clc1ccc(-c2nnc(Cn3c(CN4CCCCC4)nc4ccccc43)o2)cc1. The van der Waals surface area contributed by atoms with Gasteiger partial charge in [-0.05, 0) is 62.3 Å². The first-order valence-corrected chi connectivity index (χ1v) is 10.4. The quantitative estimate of drug-likeness (QED) is 0.476. The van der Waals surface area contributed by atoms with E-state index < -0.39 is 0 Å². The van der Waals surface area contributed by atoms with E-state index in [1.807, 2.05) is 36.4 Å². The van der Waals surface area contributed by atoms with Crippen LogP contribution in [0.15, 0.2) is 52.9 Å². The number of imidazole rings is 1. The van der Waals surface area contributed by atoms with Crippen LogP contribution in [0.3, 0.4) is 0 Å². The molecule has 0 bridgehead atoms. The van der Waals surface area contributed by atoms with Gasteiger partial charge < -0.3 is 8.98 Å². The van der Waals surface area contributed by atoms with Crippen LogP contribution in [0.25, 0.3) is 22.5 Å². The number of benzene rings is 2. The highest BCUT2D eigenvalue weighted by Crippen LogP contribution is 2.23. The third kappa shape index (κ3) is 3.91. The van der Waals surface area contributed by atoms with Crippen LogP contribution < -0.4 is 0 Å². The summed E-state index contributed by atoms with van der Waals surface area (Å²) in [7, 11) is 0. The molecule has 0 N–H and O–H groups in total. The molecule has 5 rings (SSSR count). The van der Waals surface area contributed by atoms with Gasteiger partial charge in [-0.1, -0.05) is 30.2 Å². The van der Waals surface area contributed by atoms with Crippen molar-refractivity contribution in [2.24, 2.45) is 0 Å². The third-order valence-electron chi connectivity index (χ3n) is 5.40. The van der Waals surface area contributed by atoms with Crippen molar-refractivity contribution in [1.29, 1.82) is 0 Å². The number of piperidine rings is 1. The zero-order valence-electron chi connectivity index (χ0n) is 16.1. The average Bonchev–Trinajstić information content (AvgIpc) is 3.35. The number of hydrogen-bond donors (Lipinski definition) is 0. The molecule has 0 spiro atoms. The van der Waals surface area contributed by atoms with Crippen molar-refractivity contribution in [2.75, 3.05) is 13.1 Å². The highest BCUT2D eigenvalue weighted by molar-refractivity contribution is 6.30. The Kier molecular flexibility index (Phi) is 5.04. The van der Waals surface area contributed by atoms with E-state index in [0.717, 1.165) is 42.1 Å². The Morgan fingerprint density at radius 3 is 2.52 bits per heavy atom. The van der Waals surface area contributed by atoms with E-state index in [1.165, 1.54) is 19.3 Å². The van der Waals surface area contributed by atoms with Crippen LogP contribution in [0.5, 0.6) is 0 Å². The second kappa shape index (κ2) is 7.97. The summed E-state index contributed by atoms with van der Waals surface area (Å²) in [4.78, 5) is 7.37. The lowest BCUT2D eigenvalue weighted by atomic mass is 10.1. The van der Waals surface area contributed by atoms with Crippen LogP contribution >= 0.6 is 11.6 Å². The summed E-state index contributed by atoms with van der Waals surface area (Å²) >= 11 is 5.97. The van der Waals surface area contributed by atoms with E-state index in [9.17, 15) is 0 Å². The number of likely N-dealkylation sites (tertiary alicyclic amines) is 1. The fourth-order valence-electron chi connectivity index (χ4n) is 3.90. The van der Waals surface area contributed by atoms with Gasteiger partial charge in [0.2, 0.25) is 11.8 Å². The van der Waals surface area contributed by atoms with Gasteiger partial charge in [-0.15, -0.1) is 10.2 Å². The number of fused-ring (bicyclic) bond motifs is 1. The number of nitrogens with zero attached hydrogens (tertiary/aromatic N) is 5. The number of halogens is 1. The van der Waals surface area contributed by atoms with Crippen molar-refractivity contribution in [1.82, 2.24) is 24.6 Å². The summed E-state index contributed by atoms with van der Waals surface area (Å²) in [6, 6.07) is 15.6. The van der Waals surface area contributed by atoms with Gasteiger partial charge in [-0.3, -0.25) is 4.90 Å². The van der Waals surface area contributed by atoms with Gasteiger partial charge in [0.05, 0.1) is 17.6 Å². The summed E-state index contributed by atoms with van der Waals surface area (Å²) in [5.74, 6) is 2.11. The molecule has 2 aromatic heterocycles. The maximum absolute atomic E-state index is 5.97. The number of aromatic nitrogens is 4. The minimum atomic E-state index is 0.499. The fourth-order valence-corrected chi connectivity index (χ4v) is 4.03. The first-order valence-electron chi connectivity index (χ1n) is 10.0. The highest BCUT2D eigenvalue weighted by Gasteiger charge is 2.18. The molecule has 148 valence electrons. The van der Waals surface area contributed by atoms with Gasteiger partial charge in [0.1, 0.15) is 12.4 Å². The highest BCUT2D eigenvalue weighted by atomic mass is 35.5. The summed E-state index contributed by atoms with van der Waals surface area (Å²) in [6.07, 6.45) is 3.84. The van der Waals surface area contributed by atoms with E-state index in [4.69, 9.17) is 21.0 Å². The largest absolute Gasteiger partial charge is 0.419 e.